The zero-order valence-electron chi connectivity index (χ0n) is 12.7. The molecule has 2 aromatic heterocycles. The van der Waals surface area contributed by atoms with E-state index in [9.17, 15) is 0 Å². The number of aryl methyl sites for hydroxylation is 1. The van der Waals surface area contributed by atoms with Crippen molar-refractivity contribution in [2.24, 2.45) is 7.05 Å². The average molecular weight is 299 g/mol. The number of benzene rings is 1. The van der Waals surface area contributed by atoms with Crippen LogP contribution in [0.1, 0.15) is 43.1 Å². The van der Waals surface area contributed by atoms with Crippen LogP contribution in [0.25, 0.3) is 11.0 Å². The first-order chi connectivity index (χ1) is 10.2. The Morgan fingerprint density at radius 3 is 2.71 bits per heavy atom. The molecule has 0 saturated carbocycles. The number of hydrogen-bond donors (Lipinski definition) is 1. The van der Waals surface area contributed by atoms with Gasteiger partial charge in [0.15, 0.2) is 0 Å². The first-order valence-corrected chi connectivity index (χ1v) is 8.29. The summed E-state index contributed by atoms with van der Waals surface area (Å²) in [5, 5.41) is 5.85. The van der Waals surface area contributed by atoms with Crippen molar-refractivity contribution in [2.75, 3.05) is 0 Å². The van der Waals surface area contributed by atoms with Gasteiger partial charge in [-0.15, -0.1) is 11.3 Å². The normalized spacial score (nSPS) is 14.4. The smallest absolute Gasteiger partial charge is 0.126 e. The lowest BCUT2D eigenvalue weighted by atomic mass is 10.1. The molecule has 2 atom stereocenters. The second kappa shape index (κ2) is 6.00. The number of para-hydroxylation sites is 2. The van der Waals surface area contributed by atoms with Gasteiger partial charge in [0.2, 0.25) is 0 Å². The summed E-state index contributed by atoms with van der Waals surface area (Å²) >= 11 is 1.81. The molecule has 3 rings (SSSR count). The summed E-state index contributed by atoms with van der Waals surface area (Å²) in [5.41, 5.74) is 2.25. The Balaban J connectivity index is 1.86. The molecule has 1 N–H and O–H groups in total. The zero-order chi connectivity index (χ0) is 14.8. The van der Waals surface area contributed by atoms with Crippen molar-refractivity contribution in [1.82, 2.24) is 14.9 Å². The highest BCUT2D eigenvalue weighted by Gasteiger charge is 2.18. The predicted octanol–water partition coefficient (Wildman–Crippen LogP) is 4.44. The molecule has 2 unspecified atom stereocenters. The Kier molecular flexibility index (Phi) is 4.08. The molecule has 3 nitrogen and oxygen atoms in total. The van der Waals surface area contributed by atoms with Gasteiger partial charge >= 0.3 is 0 Å². The third kappa shape index (κ3) is 2.74. The highest BCUT2D eigenvalue weighted by molar-refractivity contribution is 7.10. The number of imidazole rings is 1. The van der Waals surface area contributed by atoms with Crippen molar-refractivity contribution < 1.29 is 0 Å². The largest absolute Gasteiger partial charge is 0.330 e. The average Bonchev–Trinajstić information content (AvgIpc) is 3.13. The zero-order valence-corrected chi connectivity index (χ0v) is 13.5. The molecule has 0 bridgehead atoms. The molecule has 0 aliphatic heterocycles. The van der Waals surface area contributed by atoms with E-state index in [4.69, 9.17) is 4.98 Å². The molecule has 2 heterocycles. The molecule has 0 amide bonds. The summed E-state index contributed by atoms with van der Waals surface area (Å²) in [5.74, 6) is 1.09. The van der Waals surface area contributed by atoms with Gasteiger partial charge in [-0.25, -0.2) is 4.98 Å². The summed E-state index contributed by atoms with van der Waals surface area (Å²) in [6.45, 7) is 4.41. The van der Waals surface area contributed by atoms with Crippen LogP contribution < -0.4 is 5.32 Å². The number of thiophene rings is 1. The van der Waals surface area contributed by atoms with Crippen molar-refractivity contribution in [1.29, 1.82) is 0 Å². The van der Waals surface area contributed by atoms with E-state index >= 15 is 0 Å². The van der Waals surface area contributed by atoms with Gasteiger partial charge < -0.3 is 4.57 Å². The van der Waals surface area contributed by atoms with E-state index in [1.54, 1.807) is 0 Å². The quantitative estimate of drug-likeness (QED) is 0.755. The summed E-state index contributed by atoms with van der Waals surface area (Å²) in [6, 6.07) is 13.2. The number of hydrogen-bond acceptors (Lipinski definition) is 3. The van der Waals surface area contributed by atoms with Crippen LogP contribution in [0.4, 0.5) is 0 Å². The number of nitrogens with one attached hydrogen (secondary N) is 1. The fraction of sp³-hybridized carbons (Fsp3) is 0.353. The van der Waals surface area contributed by atoms with E-state index in [-0.39, 0.29) is 6.04 Å². The number of rotatable bonds is 5. The maximum absolute atomic E-state index is 4.78. The first-order valence-electron chi connectivity index (χ1n) is 7.41. The fourth-order valence-electron chi connectivity index (χ4n) is 2.82. The van der Waals surface area contributed by atoms with Crippen LogP contribution in [0.2, 0.25) is 0 Å². The first kappa shape index (κ1) is 14.3. The van der Waals surface area contributed by atoms with E-state index in [1.807, 2.05) is 17.4 Å². The predicted molar refractivity (Wildman–Crippen MR) is 89.6 cm³/mol. The second-order valence-electron chi connectivity index (χ2n) is 5.38. The third-order valence-electron chi connectivity index (χ3n) is 3.96. The number of nitrogens with zero attached hydrogens (tertiary/aromatic N) is 2. The Morgan fingerprint density at radius 1 is 1.24 bits per heavy atom. The van der Waals surface area contributed by atoms with Gasteiger partial charge in [0.25, 0.3) is 0 Å². The molecule has 110 valence electrons. The van der Waals surface area contributed by atoms with Crippen LogP contribution >= 0.6 is 11.3 Å². The van der Waals surface area contributed by atoms with Gasteiger partial charge in [-0.2, -0.15) is 0 Å². The highest BCUT2D eigenvalue weighted by atomic mass is 32.1. The fourth-order valence-corrected chi connectivity index (χ4v) is 3.69. The molecule has 0 spiro atoms. The number of aromatic nitrogens is 2. The summed E-state index contributed by atoms with van der Waals surface area (Å²) < 4.78 is 2.19. The SMILES string of the molecule is CCC(NC(C)c1nc2ccccc2n1C)c1cccs1. The van der Waals surface area contributed by atoms with Crippen molar-refractivity contribution in [3.05, 3.63) is 52.5 Å². The van der Waals surface area contributed by atoms with Crippen LogP contribution in [-0.2, 0) is 7.05 Å². The van der Waals surface area contributed by atoms with Crippen LogP contribution in [0.15, 0.2) is 41.8 Å². The molecule has 1 aromatic carbocycles. The van der Waals surface area contributed by atoms with Gasteiger partial charge in [0.05, 0.1) is 17.1 Å². The topological polar surface area (TPSA) is 29.9 Å². The van der Waals surface area contributed by atoms with Crippen LogP contribution in [-0.4, -0.2) is 9.55 Å². The van der Waals surface area contributed by atoms with Crippen molar-refractivity contribution in [2.45, 2.75) is 32.4 Å². The maximum Gasteiger partial charge on any atom is 0.126 e. The lowest BCUT2D eigenvalue weighted by Crippen LogP contribution is -2.25. The molecular formula is C17H21N3S. The Hall–Kier alpha value is -1.65. The maximum atomic E-state index is 4.78. The summed E-state index contributed by atoms with van der Waals surface area (Å²) in [7, 11) is 2.09. The molecule has 0 aliphatic carbocycles. The second-order valence-corrected chi connectivity index (χ2v) is 6.36. The van der Waals surface area contributed by atoms with Crippen molar-refractivity contribution in [3.8, 4) is 0 Å². The molecule has 0 aliphatic rings. The van der Waals surface area contributed by atoms with Gasteiger partial charge in [-0.05, 0) is 36.9 Å². The molecule has 4 heteroatoms. The minimum Gasteiger partial charge on any atom is -0.330 e. The Morgan fingerprint density at radius 2 is 2.05 bits per heavy atom. The van der Waals surface area contributed by atoms with Crippen LogP contribution in [0, 0.1) is 0 Å². The molecule has 3 aromatic rings. The third-order valence-corrected chi connectivity index (χ3v) is 4.94. The lowest BCUT2D eigenvalue weighted by Gasteiger charge is -2.21. The monoisotopic (exact) mass is 299 g/mol. The van der Waals surface area contributed by atoms with E-state index in [1.165, 1.54) is 10.4 Å². The Labute approximate surface area is 129 Å². The molecule has 0 saturated heterocycles. The van der Waals surface area contributed by atoms with E-state index in [0.29, 0.717) is 6.04 Å². The minimum atomic E-state index is 0.217. The number of fused-ring (bicyclic) bond motifs is 1. The Bertz CT molecular complexity index is 715. The summed E-state index contributed by atoms with van der Waals surface area (Å²) in [6.07, 6.45) is 1.08. The van der Waals surface area contributed by atoms with Crippen molar-refractivity contribution >= 4 is 22.4 Å². The van der Waals surface area contributed by atoms with Gasteiger partial charge in [-0.1, -0.05) is 25.1 Å². The van der Waals surface area contributed by atoms with E-state index in [0.717, 1.165) is 17.8 Å². The van der Waals surface area contributed by atoms with E-state index < -0.39 is 0 Å². The van der Waals surface area contributed by atoms with Crippen molar-refractivity contribution in [3.63, 3.8) is 0 Å². The lowest BCUT2D eigenvalue weighted by molar-refractivity contribution is 0.441. The molecule has 0 fully saturated rings. The van der Waals surface area contributed by atoms with Crippen LogP contribution in [0.5, 0.6) is 0 Å². The molecule has 21 heavy (non-hydrogen) atoms. The van der Waals surface area contributed by atoms with E-state index in [2.05, 4.69) is 66.5 Å². The standard InChI is InChI=1S/C17H21N3S/c1-4-13(16-10-7-11-21-16)18-12(2)17-19-14-8-5-6-9-15(14)20(17)3/h5-13,18H,4H2,1-3H3. The minimum absolute atomic E-state index is 0.217. The highest BCUT2D eigenvalue weighted by Crippen LogP contribution is 2.26. The van der Waals surface area contributed by atoms with Gasteiger partial charge in [-0.3, -0.25) is 5.32 Å². The summed E-state index contributed by atoms with van der Waals surface area (Å²) in [4.78, 5) is 6.18. The van der Waals surface area contributed by atoms with Gasteiger partial charge in [0.1, 0.15) is 5.82 Å². The molecular weight excluding hydrogens is 278 g/mol. The van der Waals surface area contributed by atoms with Crippen LogP contribution in [0.3, 0.4) is 0 Å². The van der Waals surface area contributed by atoms with Gasteiger partial charge in [0, 0.05) is 18.0 Å². The molecule has 0 radical (unpaired) electrons.